The Bertz CT molecular complexity index is 146. The van der Waals surface area contributed by atoms with Crippen LogP contribution >= 0.6 is 0 Å². The van der Waals surface area contributed by atoms with Crippen molar-refractivity contribution in [3.63, 3.8) is 0 Å². The van der Waals surface area contributed by atoms with Crippen molar-refractivity contribution in [3.8, 4) is 0 Å². The number of aliphatic hydroxyl groups is 2. The van der Waals surface area contributed by atoms with Crippen molar-refractivity contribution in [3.05, 3.63) is 11.5 Å². The molecule has 2 N–H and O–H groups in total. The fourth-order valence-corrected chi connectivity index (χ4v) is 0.420. The Hall–Kier alpha value is -0.800. The molecule has 0 aromatic heterocycles. The van der Waals surface area contributed by atoms with Gasteiger partial charge in [0.2, 0.25) is 0 Å². The minimum absolute atomic E-state index is 0.505. The largest absolute Gasteiger partial charge is 0.481 e. The maximum absolute atomic E-state index is 11.7. The van der Waals surface area contributed by atoms with Gasteiger partial charge in [0.25, 0.3) is 11.9 Å². The molecule has 0 amide bonds. The Kier molecular flexibility index (Phi) is 0.752. The molecule has 8 heavy (non-hydrogen) atoms. The number of allylic oxidation sites excluding steroid dienone is 1. The van der Waals surface area contributed by atoms with Gasteiger partial charge in [-0.05, 0) is 0 Å². The lowest BCUT2D eigenvalue weighted by Crippen LogP contribution is -1.87. The van der Waals surface area contributed by atoms with Crippen LogP contribution in [-0.4, -0.2) is 16.1 Å². The van der Waals surface area contributed by atoms with E-state index < -0.39 is 23.9 Å². The van der Waals surface area contributed by atoms with Gasteiger partial charge in [-0.1, -0.05) is 0 Å². The van der Waals surface area contributed by atoms with Gasteiger partial charge in [-0.3, -0.25) is 0 Å². The molecule has 0 aliphatic heterocycles. The Morgan fingerprint density at radius 3 is 1.88 bits per heavy atom. The average Bonchev–Trinajstić information content (AvgIpc) is 2.13. The third kappa shape index (κ3) is 0.616. The van der Waals surface area contributed by atoms with Crippen LogP contribution < -0.4 is 0 Å². The molecule has 0 heterocycles. The smallest absolute Gasteiger partial charge is 0.280 e. The standard InChI is InChI=1S/C4H4F2O2/c5-4(6)1-2(4)3(7)8/h7-8H,1H2. The zero-order chi connectivity index (χ0) is 6.36. The summed E-state index contributed by atoms with van der Waals surface area (Å²) in [7, 11) is 0. The summed E-state index contributed by atoms with van der Waals surface area (Å²) in [6.45, 7) is 0. The molecular weight excluding hydrogens is 118 g/mol. The van der Waals surface area contributed by atoms with E-state index in [0.29, 0.717) is 0 Å². The Labute approximate surface area is 44.1 Å². The first-order valence-corrected chi connectivity index (χ1v) is 2.03. The van der Waals surface area contributed by atoms with Crippen LogP contribution in [0, 0.1) is 0 Å². The van der Waals surface area contributed by atoms with Crippen LogP contribution in [0.2, 0.25) is 0 Å². The normalized spacial score (nSPS) is 23.0. The summed E-state index contributed by atoms with van der Waals surface area (Å²) in [5, 5.41) is 16.0. The van der Waals surface area contributed by atoms with E-state index in [1.54, 1.807) is 0 Å². The number of aliphatic hydroxyl groups excluding tert-OH is 1. The second kappa shape index (κ2) is 1.13. The maximum Gasteiger partial charge on any atom is 0.280 e. The molecular formula is C4H4F2O2. The summed E-state index contributed by atoms with van der Waals surface area (Å²) in [4.78, 5) is 0. The van der Waals surface area contributed by atoms with Gasteiger partial charge in [-0.15, -0.1) is 0 Å². The lowest BCUT2D eigenvalue weighted by atomic mass is 10.6. The highest BCUT2D eigenvalue weighted by Gasteiger charge is 2.54. The Morgan fingerprint density at radius 1 is 1.50 bits per heavy atom. The fourth-order valence-electron chi connectivity index (χ4n) is 0.420. The molecule has 0 aromatic carbocycles. The van der Waals surface area contributed by atoms with E-state index in [1.165, 1.54) is 0 Å². The predicted molar refractivity (Wildman–Crippen MR) is 21.8 cm³/mol. The molecule has 1 fully saturated rings. The summed E-state index contributed by atoms with van der Waals surface area (Å²) < 4.78 is 23.3. The zero-order valence-electron chi connectivity index (χ0n) is 3.86. The fraction of sp³-hybridized carbons (Fsp3) is 0.500. The number of rotatable bonds is 0. The van der Waals surface area contributed by atoms with Crippen molar-refractivity contribution in [2.24, 2.45) is 0 Å². The summed E-state index contributed by atoms with van der Waals surface area (Å²) in [6.07, 6.45) is -0.505. The minimum atomic E-state index is -2.93. The second-order valence-corrected chi connectivity index (χ2v) is 1.68. The lowest BCUT2D eigenvalue weighted by molar-refractivity contribution is 0.123. The van der Waals surface area contributed by atoms with Crippen molar-refractivity contribution in [1.29, 1.82) is 0 Å². The Balaban J connectivity index is 2.73. The minimum Gasteiger partial charge on any atom is -0.481 e. The van der Waals surface area contributed by atoms with Gasteiger partial charge in [-0.25, -0.2) is 8.78 Å². The first-order chi connectivity index (χ1) is 3.54. The summed E-state index contributed by atoms with van der Waals surface area (Å²) >= 11 is 0. The number of hydrogen-bond acceptors (Lipinski definition) is 2. The summed E-state index contributed by atoms with van der Waals surface area (Å²) in [5.74, 6) is -4.16. The molecule has 2 nitrogen and oxygen atoms in total. The molecule has 0 saturated heterocycles. The van der Waals surface area contributed by atoms with Crippen LogP contribution in [0.5, 0.6) is 0 Å². The predicted octanol–water partition coefficient (Wildman–Crippen LogP) is 1.35. The zero-order valence-corrected chi connectivity index (χ0v) is 3.86. The summed E-state index contributed by atoms with van der Waals surface area (Å²) in [5.41, 5.74) is -0.558. The third-order valence-corrected chi connectivity index (χ3v) is 0.985. The van der Waals surface area contributed by atoms with Gasteiger partial charge in [0, 0.05) is 6.42 Å². The maximum atomic E-state index is 11.7. The lowest BCUT2D eigenvalue weighted by Gasteiger charge is -1.83. The SMILES string of the molecule is OC(O)=C1CC1(F)F. The van der Waals surface area contributed by atoms with Gasteiger partial charge in [0.05, 0.1) is 5.57 Å². The molecule has 4 heteroatoms. The molecule has 0 bridgehead atoms. The average molecular weight is 122 g/mol. The van der Waals surface area contributed by atoms with E-state index in [-0.39, 0.29) is 0 Å². The van der Waals surface area contributed by atoms with Crippen molar-refractivity contribution < 1.29 is 19.0 Å². The molecule has 1 aliphatic rings. The van der Waals surface area contributed by atoms with Crippen LogP contribution in [0.3, 0.4) is 0 Å². The van der Waals surface area contributed by atoms with Crippen LogP contribution in [0.15, 0.2) is 11.5 Å². The number of alkyl halides is 2. The first-order valence-electron chi connectivity index (χ1n) is 2.03. The Morgan fingerprint density at radius 2 is 1.88 bits per heavy atom. The van der Waals surface area contributed by atoms with E-state index >= 15 is 0 Å². The van der Waals surface area contributed by atoms with Crippen LogP contribution in [-0.2, 0) is 0 Å². The van der Waals surface area contributed by atoms with Gasteiger partial charge in [0.15, 0.2) is 0 Å². The highest BCUT2D eigenvalue weighted by Crippen LogP contribution is 2.48. The topological polar surface area (TPSA) is 40.5 Å². The second-order valence-electron chi connectivity index (χ2n) is 1.68. The number of hydrogen-bond donors (Lipinski definition) is 2. The van der Waals surface area contributed by atoms with Gasteiger partial charge in [-0.2, -0.15) is 0 Å². The van der Waals surface area contributed by atoms with E-state index in [0.717, 1.165) is 0 Å². The quantitative estimate of drug-likeness (QED) is 0.476. The van der Waals surface area contributed by atoms with E-state index in [4.69, 9.17) is 10.2 Å². The van der Waals surface area contributed by atoms with E-state index in [1.807, 2.05) is 0 Å². The van der Waals surface area contributed by atoms with E-state index in [2.05, 4.69) is 0 Å². The van der Waals surface area contributed by atoms with Crippen molar-refractivity contribution in [2.75, 3.05) is 0 Å². The molecule has 0 unspecified atom stereocenters. The molecule has 0 spiro atoms. The molecule has 1 aliphatic carbocycles. The van der Waals surface area contributed by atoms with Crippen LogP contribution in [0.25, 0.3) is 0 Å². The first kappa shape index (κ1) is 5.34. The van der Waals surface area contributed by atoms with Gasteiger partial charge in [0.1, 0.15) is 0 Å². The van der Waals surface area contributed by atoms with Gasteiger partial charge < -0.3 is 10.2 Å². The van der Waals surface area contributed by atoms with Crippen LogP contribution in [0.1, 0.15) is 6.42 Å². The molecule has 0 radical (unpaired) electrons. The van der Waals surface area contributed by atoms with Gasteiger partial charge >= 0.3 is 0 Å². The molecule has 1 rings (SSSR count). The van der Waals surface area contributed by atoms with Crippen molar-refractivity contribution in [1.82, 2.24) is 0 Å². The molecule has 0 atom stereocenters. The highest BCUT2D eigenvalue weighted by atomic mass is 19.3. The highest BCUT2D eigenvalue weighted by molar-refractivity contribution is 5.30. The molecule has 0 aromatic rings. The van der Waals surface area contributed by atoms with Crippen molar-refractivity contribution in [2.45, 2.75) is 12.3 Å². The van der Waals surface area contributed by atoms with Crippen molar-refractivity contribution >= 4 is 0 Å². The third-order valence-electron chi connectivity index (χ3n) is 0.985. The number of halogens is 2. The van der Waals surface area contributed by atoms with Crippen LogP contribution in [0.4, 0.5) is 8.78 Å². The summed E-state index contributed by atoms with van der Waals surface area (Å²) in [6, 6.07) is 0. The van der Waals surface area contributed by atoms with E-state index in [9.17, 15) is 8.78 Å². The molecule has 1 saturated carbocycles. The monoisotopic (exact) mass is 122 g/mol. The molecule has 46 valence electrons.